The van der Waals surface area contributed by atoms with Crippen LogP contribution >= 0.6 is 0 Å². The van der Waals surface area contributed by atoms with Gasteiger partial charge >= 0.3 is 0 Å². The number of furan rings is 1. The first-order chi connectivity index (χ1) is 16.5. The fourth-order valence-corrected chi connectivity index (χ4v) is 6.16. The van der Waals surface area contributed by atoms with Gasteiger partial charge in [-0.15, -0.1) is 0 Å². The molecule has 2 aromatic carbocycles. The largest absolute Gasteiger partial charge is 0.457 e. The Morgan fingerprint density at radius 3 is 2.71 bits per heavy atom. The van der Waals surface area contributed by atoms with Crippen molar-refractivity contribution in [3.05, 3.63) is 78.8 Å². The van der Waals surface area contributed by atoms with Crippen LogP contribution in [-0.4, -0.2) is 55.8 Å². The first kappa shape index (κ1) is 22.8. The van der Waals surface area contributed by atoms with Gasteiger partial charge < -0.3 is 4.42 Å². The molecule has 0 aliphatic carbocycles. The number of hydrogen-bond acceptors (Lipinski definition) is 5. The summed E-state index contributed by atoms with van der Waals surface area (Å²) in [6.45, 7) is 3.32. The summed E-state index contributed by atoms with van der Waals surface area (Å²) in [4.78, 5) is 6.86. The molecule has 2 aromatic heterocycles. The van der Waals surface area contributed by atoms with Crippen molar-refractivity contribution in [3.63, 3.8) is 0 Å². The van der Waals surface area contributed by atoms with Crippen molar-refractivity contribution in [2.75, 3.05) is 33.2 Å². The molecule has 1 aliphatic rings. The van der Waals surface area contributed by atoms with Crippen molar-refractivity contribution in [3.8, 4) is 0 Å². The van der Waals surface area contributed by atoms with E-state index in [0.717, 1.165) is 60.0 Å². The van der Waals surface area contributed by atoms with Crippen molar-refractivity contribution in [2.24, 2.45) is 5.92 Å². The number of hydrogen-bond donors (Lipinski definition) is 0. The number of aromatic nitrogens is 1. The summed E-state index contributed by atoms with van der Waals surface area (Å²) in [5.74, 6) is 1.22. The molecular weight excluding hydrogens is 446 g/mol. The van der Waals surface area contributed by atoms with Crippen molar-refractivity contribution < 1.29 is 12.8 Å². The minimum Gasteiger partial charge on any atom is -0.457 e. The van der Waals surface area contributed by atoms with Crippen molar-refractivity contribution in [2.45, 2.75) is 17.7 Å². The standard InChI is InChI=1S/C27H29N3O3S/c1-29(34(31,32)27-10-4-7-23-19-28-14-11-25(23)27)20-21-12-16-30(17-13-21)15-5-8-24-18-22-6-2-3-9-26(22)33-24/h2-11,14,18-19,21H,12-13,15-17,20H2,1H3/b8-5+. The van der Waals surface area contributed by atoms with Crippen molar-refractivity contribution in [1.29, 1.82) is 0 Å². The van der Waals surface area contributed by atoms with E-state index in [1.807, 2.05) is 30.3 Å². The van der Waals surface area contributed by atoms with Crippen LogP contribution in [0.25, 0.3) is 27.8 Å². The molecule has 7 heteroatoms. The molecule has 0 saturated carbocycles. The van der Waals surface area contributed by atoms with Gasteiger partial charge in [-0.3, -0.25) is 9.88 Å². The van der Waals surface area contributed by atoms with Crippen LogP contribution in [-0.2, 0) is 10.0 Å². The highest BCUT2D eigenvalue weighted by Crippen LogP contribution is 2.27. The van der Waals surface area contributed by atoms with Gasteiger partial charge in [0.1, 0.15) is 11.3 Å². The summed E-state index contributed by atoms with van der Waals surface area (Å²) in [5, 5.41) is 2.67. The Hall–Kier alpha value is -3.00. The molecule has 1 saturated heterocycles. The normalized spacial score (nSPS) is 16.3. The minimum atomic E-state index is -3.56. The SMILES string of the molecule is CN(CC1CCN(C/C=C/c2cc3ccccc3o2)CC1)S(=O)(=O)c1cccc2cnccc12. The maximum absolute atomic E-state index is 13.3. The highest BCUT2D eigenvalue weighted by atomic mass is 32.2. The lowest BCUT2D eigenvalue weighted by atomic mass is 9.97. The number of rotatable bonds is 7. The van der Waals surface area contributed by atoms with E-state index in [1.54, 1.807) is 37.6 Å². The molecule has 1 fully saturated rings. The van der Waals surface area contributed by atoms with Crippen LogP contribution in [0.3, 0.4) is 0 Å². The first-order valence-corrected chi connectivity index (χ1v) is 13.1. The molecule has 0 amide bonds. The Morgan fingerprint density at radius 1 is 1.09 bits per heavy atom. The topological polar surface area (TPSA) is 66.7 Å². The predicted molar refractivity (Wildman–Crippen MR) is 136 cm³/mol. The van der Waals surface area contributed by atoms with Gasteiger partial charge in [0.25, 0.3) is 0 Å². The fourth-order valence-electron chi connectivity index (χ4n) is 4.70. The van der Waals surface area contributed by atoms with Gasteiger partial charge in [-0.1, -0.05) is 36.4 Å². The molecule has 0 spiro atoms. The molecule has 0 N–H and O–H groups in total. The lowest BCUT2D eigenvalue weighted by Gasteiger charge is -2.33. The number of para-hydroxylation sites is 1. The van der Waals surface area contributed by atoms with E-state index in [0.29, 0.717) is 17.4 Å². The summed E-state index contributed by atoms with van der Waals surface area (Å²) in [7, 11) is -1.87. The number of sulfonamides is 1. The quantitative estimate of drug-likeness (QED) is 0.375. The van der Waals surface area contributed by atoms with Gasteiger partial charge in [-0.2, -0.15) is 0 Å². The third kappa shape index (κ3) is 4.78. The second kappa shape index (κ2) is 9.70. The average Bonchev–Trinajstić information content (AvgIpc) is 3.27. The minimum absolute atomic E-state index is 0.350. The third-order valence-corrected chi connectivity index (χ3v) is 8.52. The maximum atomic E-state index is 13.3. The Balaban J connectivity index is 1.16. The average molecular weight is 476 g/mol. The third-order valence-electron chi connectivity index (χ3n) is 6.64. The van der Waals surface area contributed by atoms with Crippen LogP contribution in [0.15, 0.2) is 82.4 Å². The van der Waals surface area contributed by atoms with E-state index in [2.05, 4.69) is 28.1 Å². The van der Waals surface area contributed by atoms with E-state index < -0.39 is 10.0 Å². The van der Waals surface area contributed by atoms with Crippen molar-refractivity contribution >= 4 is 37.8 Å². The number of likely N-dealkylation sites (tertiary alicyclic amines) is 1. The molecule has 34 heavy (non-hydrogen) atoms. The zero-order valence-corrected chi connectivity index (χ0v) is 20.1. The van der Waals surface area contributed by atoms with Crippen LogP contribution in [0.4, 0.5) is 0 Å². The highest BCUT2D eigenvalue weighted by Gasteiger charge is 2.27. The van der Waals surface area contributed by atoms with E-state index in [-0.39, 0.29) is 0 Å². The van der Waals surface area contributed by atoms with E-state index in [1.165, 1.54) is 4.31 Å². The second-order valence-electron chi connectivity index (χ2n) is 8.97. The Bertz CT molecular complexity index is 1380. The summed E-state index contributed by atoms with van der Waals surface area (Å²) in [6, 6.07) is 17.2. The molecule has 5 rings (SSSR count). The van der Waals surface area contributed by atoms with Crippen LogP contribution in [0.5, 0.6) is 0 Å². The number of benzene rings is 2. The number of fused-ring (bicyclic) bond motifs is 2. The lowest BCUT2D eigenvalue weighted by Crippen LogP contribution is -2.39. The number of nitrogens with zero attached hydrogens (tertiary/aromatic N) is 3. The van der Waals surface area contributed by atoms with Crippen LogP contribution in [0.1, 0.15) is 18.6 Å². The van der Waals surface area contributed by atoms with E-state index in [9.17, 15) is 8.42 Å². The van der Waals surface area contributed by atoms with Gasteiger partial charge in [0.15, 0.2) is 0 Å². The van der Waals surface area contributed by atoms with Gasteiger partial charge in [-0.05, 0) is 62.2 Å². The zero-order valence-electron chi connectivity index (χ0n) is 19.3. The van der Waals surface area contributed by atoms with Crippen LogP contribution in [0, 0.1) is 5.92 Å². The molecule has 176 valence electrons. The molecule has 6 nitrogen and oxygen atoms in total. The molecule has 0 unspecified atom stereocenters. The maximum Gasteiger partial charge on any atom is 0.243 e. The molecule has 4 aromatic rings. The molecule has 1 aliphatic heterocycles. The summed E-state index contributed by atoms with van der Waals surface area (Å²) >= 11 is 0. The van der Waals surface area contributed by atoms with Gasteiger partial charge in [0.2, 0.25) is 10.0 Å². The van der Waals surface area contributed by atoms with Gasteiger partial charge in [0, 0.05) is 48.7 Å². The lowest BCUT2D eigenvalue weighted by molar-refractivity contribution is 0.187. The van der Waals surface area contributed by atoms with Crippen LogP contribution < -0.4 is 0 Å². The van der Waals surface area contributed by atoms with Crippen LogP contribution in [0.2, 0.25) is 0 Å². The molecule has 0 bridgehead atoms. The first-order valence-electron chi connectivity index (χ1n) is 11.7. The Labute approximate surface area is 200 Å². The molecular formula is C27H29N3O3S. The highest BCUT2D eigenvalue weighted by molar-refractivity contribution is 7.89. The number of piperidine rings is 1. The summed E-state index contributed by atoms with van der Waals surface area (Å²) in [5.41, 5.74) is 0.905. The fraction of sp³-hybridized carbons (Fsp3) is 0.296. The molecule has 0 atom stereocenters. The van der Waals surface area contributed by atoms with Crippen molar-refractivity contribution in [1.82, 2.24) is 14.2 Å². The Kier molecular flexibility index (Phi) is 6.50. The second-order valence-corrected chi connectivity index (χ2v) is 11.0. The monoisotopic (exact) mass is 475 g/mol. The summed E-state index contributed by atoms with van der Waals surface area (Å²) < 4.78 is 34.0. The van der Waals surface area contributed by atoms with Gasteiger partial charge in [-0.25, -0.2) is 12.7 Å². The zero-order chi connectivity index (χ0) is 23.5. The summed E-state index contributed by atoms with van der Waals surface area (Å²) in [6.07, 6.45) is 9.48. The smallest absolute Gasteiger partial charge is 0.243 e. The van der Waals surface area contributed by atoms with E-state index >= 15 is 0 Å². The number of pyridine rings is 1. The Morgan fingerprint density at radius 2 is 1.88 bits per heavy atom. The van der Waals surface area contributed by atoms with Gasteiger partial charge in [0.05, 0.1) is 4.90 Å². The molecule has 3 heterocycles. The predicted octanol–water partition coefficient (Wildman–Crippen LogP) is 5.03. The van der Waals surface area contributed by atoms with E-state index in [4.69, 9.17) is 4.42 Å². The molecule has 0 radical (unpaired) electrons.